The van der Waals surface area contributed by atoms with Gasteiger partial charge in [0, 0.05) is 26.2 Å². The van der Waals surface area contributed by atoms with Crippen molar-refractivity contribution in [2.45, 2.75) is 13.8 Å². The quantitative estimate of drug-likeness (QED) is 0.697. The van der Waals surface area contributed by atoms with Gasteiger partial charge < -0.3 is 19.9 Å². The molecule has 3 heterocycles. The van der Waals surface area contributed by atoms with Crippen LogP contribution >= 0.6 is 0 Å². The monoisotopic (exact) mass is 406 g/mol. The number of piperazine rings is 1. The maximum Gasteiger partial charge on any atom is 0.263 e. The van der Waals surface area contributed by atoms with E-state index in [-0.39, 0.29) is 12.5 Å². The number of aromatic nitrogens is 3. The minimum atomic E-state index is -0.268. The van der Waals surface area contributed by atoms with Crippen LogP contribution in [0.4, 0.5) is 11.8 Å². The summed E-state index contributed by atoms with van der Waals surface area (Å²) in [4.78, 5) is 30.6. The summed E-state index contributed by atoms with van der Waals surface area (Å²) >= 11 is 0. The Morgan fingerprint density at radius 3 is 2.47 bits per heavy atom. The molecule has 2 aromatic heterocycles. The van der Waals surface area contributed by atoms with Gasteiger partial charge in [-0.3, -0.25) is 4.79 Å². The number of fused-ring (bicyclic) bond motifs is 1. The lowest BCUT2D eigenvalue weighted by Gasteiger charge is -2.32. The van der Waals surface area contributed by atoms with Crippen molar-refractivity contribution in [1.29, 1.82) is 0 Å². The molecular formula is C22H26N6O2. The van der Waals surface area contributed by atoms with Crippen LogP contribution in [0.15, 0.2) is 36.4 Å². The van der Waals surface area contributed by atoms with Gasteiger partial charge in [0.15, 0.2) is 6.61 Å². The molecule has 0 atom stereocenters. The number of anilines is 2. The Kier molecular flexibility index (Phi) is 5.76. The summed E-state index contributed by atoms with van der Waals surface area (Å²) < 4.78 is 5.52. The first-order chi connectivity index (χ1) is 14.5. The fourth-order valence-corrected chi connectivity index (χ4v) is 3.32. The first-order valence-corrected chi connectivity index (χ1v) is 10.1. The van der Waals surface area contributed by atoms with E-state index in [1.807, 2.05) is 44.2 Å². The van der Waals surface area contributed by atoms with E-state index in [0.29, 0.717) is 17.1 Å². The number of ether oxygens (including phenoxy) is 1. The van der Waals surface area contributed by atoms with Crippen LogP contribution in [0.2, 0.25) is 0 Å². The summed E-state index contributed by atoms with van der Waals surface area (Å²) in [6.45, 7) is 7.64. The highest BCUT2D eigenvalue weighted by atomic mass is 16.5. The highest BCUT2D eigenvalue weighted by Crippen LogP contribution is 2.20. The van der Waals surface area contributed by atoms with Crippen molar-refractivity contribution < 1.29 is 9.53 Å². The number of nitrogens with zero attached hydrogens (tertiary/aromatic N) is 5. The zero-order valence-electron chi connectivity index (χ0n) is 17.6. The molecule has 3 aromatic rings. The van der Waals surface area contributed by atoms with Gasteiger partial charge in [0.25, 0.3) is 5.91 Å². The van der Waals surface area contributed by atoms with Crippen LogP contribution in [0, 0.1) is 13.8 Å². The van der Waals surface area contributed by atoms with E-state index in [4.69, 9.17) is 4.74 Å². The molecular weight excluding hydrogens is 380 g/mol. The Morgan fingerprint density at radius 1 is 1.00 bits per heavy atom. The Labute approximate surface area is 175 Å². The third-order valence-electron chi connectivity index (χ3n) is 5.15. The van der Waals surface area contributed by atoms with Crippen molar-refractivity contribution in [2.24, 2.45) is 0 Å². The van der Waals surface area contributed by atoms with Crippen molar-refractivity contribution in [3.8, 4) is 5.75 Å². The molecule has 8 nitrogen and oxygen atoms in total. The second-order valence-electron chi connectivity index (χ2n) is 7.61. The molecule has 1 saturated heterocycles. The van der Waals surface area contributed by atoms with Gasteiger partial charge in [-0.15, -0.1) is 0 Å². The van der Waals surface area contributed by atoms with Gasteiger partial charge in [-0.25, -0.2) is 15.0 Å². The Bertz CT molecular complexity index is 1050. The molecule has 30 heavy (non-hydrogen) atoms. The van der Waals surface area contributed by atoms with Gasteiger partial charge in [0.05, 0.1) is 11.2 Å². The largest absolute Gasteiger partial charge is 0.484 e. The second kappa shape index (κ2) is 8.62. The summed E-state index contributed by atoms with van der Waals surface area (Å²) in [5.41, 5.74) is 3.39. The lowest BCUT2D eigenvalue weighted by molar-refractivity contribution is -0.118. The number of likely N-dealkylation sites (N-methyl/N-ethyl adjacent to an activating group) is 1. The summed E-state index contributed by atoms with van der Waals surface area (Å²) in [7, 11) is 2.12. The van der Waals surface area contributed by atoms with Crippen LogP contribution in [0.5, 0.6) is 5.75 Å². The van der Waals surface area contributed by atoms with E-state index in [1.165, 1.54) is 0 Å². The molecule has 0 bridgehead atoms. The van der Waals surface area contributed by atoms with Gasteiger partial charge in [0.2, 0.25) is 5.95 Å². The van der Waals surface area contributed by atoms with Gasteiger partial charge in [-0.05, 0) is 45.2 Å². The fourth-order valence-electron chi connectivity index (χ4n) is 3.32. The standard InChI is InChI=1S/C22H26N6O2/c1-15-4-6-17(7-5-15)30-14-20(29)25-19-9-8-18-21(26-19)16(2)23-22(24-18)28-12-10-27(3)11-13-28/h4-9H,10-14H2,1-3H3,(H,25,26,29). The third-order valence-corrected chi connectivity index (χ3v) is 5.15. The van der Waals surface area contributed by atoms with Gasteiger partial charge in [-0.1, -0.05) is 17.7 Å². The topological polar surface area (TPSA) is 83.5 Å². The van der Waals surface area contributed by atoms with Crippen molar-refractivity contribution in [2.75, 3.05) is 50.1 Å². The Hall–Kier alpha value is -3.26. The van der Waals surface area contributed by atoms with E-state index >= 15 is 0 Å². The van der Waals surface area contributed by atoms with Crippen molar-refractivity contribution in [1.82, 2.24) is 19.9 Å². The Balaban J connectivity index is 1.43. The highest BCUT2D eigenvalue weighted by molar-refractivity contribution is 5.92. The summed E-state index contributed by atoms with van der Waals surface area (Å²) in [6.07, 6.45) is 0. The summed E-state index contributed by atoms with van der Waals surface area (Å²) in [6, 6.07) is 11.2. The molecule has 0 aliphatic carbocycles. The normalized spacial score (nSPS) is 14.7. The molecule has 156 valence electrons. The number of aryl methyl sites for hydroxylation is 2. The minimum absolute atomic E-state index is 0.0827. The SMILES string of the molecule is Cc1ccc(OCC(=O)Nc2ccc3nc(N4CCN(C)CC4)nc(C)c3n2)cc1. The average molecular weight is 406 g/mol. The van der Waals surface area contributed by atoms with Crippen LogP contribution in [0.3, 0.4) is 0 Å². The predicted molar refractivity (Wildman–Crippen MR) is 117 cm³/mol. The molecule has 1 fully saturated rings. The van der Waals surface area contributed by atoms with Crippen LogP contribution in [0.25, 0.3) is 11.0 Å². The zero-order chi connectivity index (χ0) is 21.1. The number of benzene rings is 1. The molecule has 1 aliphatic heterocycles. The molecule has 0 unspecified atom stereocenters. The molecule has 0 radical (unpaired) electrons. The predicted octanol–water partition coefficient (Wildman–Crippen LogP) is 2.41. The zero-order valence-corrected chi connectivity index (χ0v) is 17.6. The van der Waals surface area contributed by atoms with E-state index in [0.717, 1.165) is 48.9 Å². The van der Waals surface area contributed by atoms with Crippen LogP contribution < -0.4 is 15.0 Å². The molecule has 1 amide bonds. The van der Waals surface area contributed by atoms with Gasteiger partial charge in [-0.2, -0.15) is 0 Å². The number of nitrogens with one attached hydrogen (secondary N) is 1. The second-order valence-corrected chi connectivity index (χ2v) is 7.61. The van der Waals surface area contributed by atoms with Gasteiger partial charge >= 0.3 is 0 Å². The lowest BCUT2D eigenvalue weighted by Crippen LogP contribution is -2.45. The number of carbonyl (C=O) groups is 1. The van der Waals surface area contributed by atoms with E-state index < -0.39 is 0 Å². The van der Waals surface area contributed by atoms with E-state index in [1.54, 1.807) is 6.07 Å². The van der Waals surface area contributed by atoms with E-state index in [9.17, 15) is 4.79 Å². The van der Waals surface area contributed by atoms with E-state index in [2.05, 4.69) is 37.1 Å². The molecule has 8 heteroatoms. The van der Waals surface area contributed by atoms with Gasteiger partial charge in [0.1, 0.15) is 17.1 Å². The maximum atomic E-state index is 12.2. The number of carbonyl (C=O) groups excluding carboxylic acids is 1. The van der Waals surface area contributed by atoms with Crippen LogP contribution in [-0.2, 0) is 4.79 Å². The van der Waals surface area contributed by atoms with Crippen LogP contribution in [-0.4, -0.2) is 65.6 Å². The molecule has 1 N–H and O–H groups in total. The molecule has 1 aromatic carbocycles. The molecule has 0 spiro atoms. The lowest BCUT2D eigenvalue weighted by atomic mass is 10.2. The molecule has 0 saturated carbocycles. The Morgan fingerprint density at radius 2 is 1.73 bits per heavy atom. The number of amides is 1. The number of pyridine rings is 1. The number of hydrogen-bond acceptors (Lipinski definition) is 7. The maximum absolute atomic E-state index is 12.2. The average Bonchev–Trinajstić information content (AvgIpc) is 2.74. The smallest absolute Gasteiger partial charge is 0.263 e. The van der Waals surface area contributed by atoms with Crippen molar-refractivity contribution >= 4 is 28.7 Å². The number of rotatable bonds is 5. The number of hydrogen-bond donors (Lipinski definition) is 1. The fraction of sp³-hybridized carbons (Fsp3) is 0.364. The minimum Gasteiger partial charge on any atom is -0.484 e. The van der Waals surface area contributed by atoms with Crippen LogP contribution in [0.1, 0.15) is 11.3 Å². The highest BCUT2D eigenvalue weighted by Gasteiger charge is 2.18. The first-order valence-electron chi connectivity index (χ1n) is 10.1. The third kappa shape index (κ3) is 4.65. The molecule has 1 aliphatic rings. The summed E-state index contributed by atoms with van der Waals surface area (Å²) in [5.74, 6) is 1.58. The first kappa shape index (κ1) is 20.0. The van der Waals surface area contributed by atoms with Crippen molar-refractivity contribution in [3.63, 3.8) is 0 Å². The van der Waals surface area contributed by atoms with Crippen molar-refractivity contribution in [3.05, 3.63) is 47.7 Å². The molecule has 4 rings (SSSR count). The summed E-state index contributed by atoms with van der Waals surface area (Å²) in [5, 5.41) is 2.78.